The highest BCUT2D eigenvalue weighted by Gasteiger charge is 2.31. The van der Waals surface area contributed by atoms with E-state index in [2.05, 4.69) is 262 Å². The fraction of sp³-hybridized carbons (Fsp3) is 0.290. The second-order valence-electron chi connectivity index (χ2n) is 22.5. The van der Waals surface area contributed by atoms with E-state index in [1.807, 2.05) is 12.3 Å². The van der Waals surface area contributed by atoms with Crippen LogP contribution in [-0.2, 0) is 27.1 Å². The molecule has 9 rings (SSSR count). The number of nitrogens with zero attached hydrogens (tertiary/aromatic N) is 4. The first-order valence-corrected chi connectivity index (χ1v) is 23.8. The Balaban J connectivity index is 1.20. The molecule has 0 atom stereocenters. The topological polar surface area (TPSA) is 35.9 Å². The maximum absolute atomic E-state index is 7.07. The van der Waals surface area contributed by atoms with E-state index in [1.165, 1.54) is 49.8 Å². The van der Waals surface area contributed by atoms with Crippen LogP contribution in [0.1, 0.15) is 129 Å². The third-order valence-corrected chi connectivity index (χ3v) is 13.8. The Bertz CT molecular complexity index is 3220. The van der Waals surface area contributed by atoms with Crippen LogP contribution in [0, 0.1) is 6.33 Å². The van der Waals surface area contributed by atoms with E-state index >= 15 is 0 Å². The van der Waals surface area contributed by atoms with Crippen molar-refractivity contribution < 1.29 is 9.30 Å². The van der Waals surface area contributed by atoms with Crippen LogP contribution >= 0.6 is 0 Å². The van der Waals surface area contributed by atoms with Crippen LogP contribution in [0.3, 0.4) is 0 Å². The SMILES string of the molecule is CC(C)(C)c1cc(-[n+]2[c-]n(-c3cccc(Oc4cc(C(C)(C)c5ccccc5)c5c6ccccc6n(-c6cc(C(C)(C)c7ccccc7)ccn6)c5c4)c3)cc2C(C)(C)C)cc(C(C)(C)C)c1. The van der Waals surface area contributed by atoms with E-state index in [9.17, 15) is 0 Å². The fourth-order valence-electron chi connectivity index (χ4n) is 9.50. The van der Waals surface area contributed by atoms with Crippen molar-refractivity contribution in [3.63, 3.8) is 0 Å². The number of para-hydroxylation sites is 1. The van der Waals surface area contributed by atoms with E-state index in [0.29, 0.717) is 0 Å². The number of ether oxygens (including phenoxy) is 1. The van der Waals surface area contributed by atoms with Crippen LogP contribution in [0.2, 0.25) is 0 Å². The second-order valence-corrected chi connectivity index (χ2v) is 22.5. The van der Waals surface area contributed by atoms with Crippen molar-refractivity contribution in [2.75, 3.05) is 0 Å². The number of rotatable bonds is 9. The van der Waals surface area contributed by atoms with Crippen molar-refractivity contribution in [3.8, 4) is 28.7 Å². The van der Waals surface area contributed by atoms with Gasteiger partial charge in [-0.3, -0.25) is 13.7 Å². The molecule has 5 nitrogen and oxygen atoms in total. The van der Waals surface area contributed by atoms with Crippen molar-refractivity contribution >= 4 is 21.8 Å². The third kappa shape index (κ3) is 8.61. The van der Waals surface area contributed by atoms with E-state index in [-0.39, 0.29) is 27.1 Å². The van der Waals surface area contributed by atoms with Crippen molar-refractivity contribution in [2.45, 2.75) is 117 Å². The molecule has 0 aliphatic heterocycles. The molecule has 3 aromatic heterocycles. The van der Waals surface area contributed by atoms with Gasteiger partial charge in [0.2, 0.25) is 0 Å². The first-order valence-electron chi connectivity index (χ1n) is 23.8. The lowest BCUT2D eigenvalue weighted by molar-refractivity contribution is -0.611. The standard InChI is InChI=1S/C62H66N4O/c1-58(2,3)45-33-46(59(4,5)6)35-48(34-45)65-41-64(40-55(65)60(7,8)9)47-27-22-28-49(37-47)67-50-38-52(62(12,13)43-25-18-15-19-26-43)57-51-29-20-21-30-53(51)66(54(57)39-50)56-36-44(31-32-63-56)61(10,11)42-23-16-14-17-24-42/h14-40H,1-13H3. The zero-order valence-electron chi connectivity index (χ0n) is 41.8. The van der Waals surface area contributed by atoms with Gasteiger partial charge in [-0.1, -0.05) is 181 Å². The van der Waals surface area contributed by atoms with Gasteiger partial charge in [-0.2, -0.15) is 0 Å². The minimum absolute atomic E-state index is 0.0138. The molecule has 5 heteroatoms. The van der Waals surface area contributed by atoms with Crippen LogP contribution in [-0.4, -0.2) is 14.1 Å². The maximum atomic E-state index is 7.07. The van der Waals surface area contributed by atoms with Crippen LogP contribution in [0.5, 0.6) is 11.5 Å². The molecule has 0 fully saturated rings. The minimum atomic E-state index is -0.380. The zero-order chi connectivity index (χ0) is 47.7. The summed E-state index contributed by atoms with van der Waals surface area (Å²) in [6, 6.07) is 54.5. The fourth-order valence-corrected chi connectivity index (χ4v) is 9.50. The number of imidazole rings is 1. The molecule has 0 saturated heterocycles. The molecule has 67 heavy (non-hydrogen) atoms. The number of pyridine rings is 1. The monoisotopic (exact) mass is 883 g/mol. The van der Waals surface area contributed by atoms with Gasteiger partial charge in [0.1, 0.15) is 17.3 Å². The lowest BCUT2D eigenvalue weighted by Crippen LogP contribution is -2.39. The molecule has 0 radical (unpaired) electrons. The Morgan fingerprint density at radius 3 is 1.73 bits per heavy atom. The van der Waals surface area contributed by atoms with Gasteiger partial charge in [-0.05, 0) is 104 Å². The van der Waals surface area contributed by atoms with Crippen LogP contribution in [0.4, 0.5) is 0 Å². The van der Waals surface area contributed by atoms with Gasteiger partial charge < -0.3 is 4.74 Å². The summed E-state index contributed by atoms with van der Waals surface area (Å²) in [4.78, 5) is 5.09. The molecule has 0 aliphatic carbocycles. The highest BCUT2D eigenvalue weighted by atomic mass is 16.5. The lowest BCUT2D eigenvalue weighted by atomic mass is 9.76. The molecule has 0 amide bonds. The van der Waals surface area contributed by atoms with Gasteiger partial charge in [0, 0.05) is 40.1 Å². The minimum Gasteiger partial charge on any atom is -0.458 e. The summed E-state index contributed by atoms with van der Waals surface area (Å²) in [7, 11) is 0. The number of fused-ring (bicyclic) bond motifs is 3. The van der Waals surface area contributed by atoms with Crippen LogP contribution < -0.4 is 9.30 Å². The molecule has 6 aromatic carbocycles. The molecule has 0 spiro atoms. The molecule has 0 bridgehead atoms. The lowest BCUT2D eigenvalue weighted by Gasteiger charge is -2.28. The van der Waals surface area contributed by atoms with Crippen molar-refractivity contribution in [2.24, 2.45) is 0 Å². The quantitative estimate of drug-likeness (QED) is 0.107. The van der Waals surface area contributed by atoms with Gasteiger partial charge in [0.05, 0.1) is 28.1 Å². The summed E-state index contributed by atoms with van der Waals surface area (Å²) >= 11 is 0. The Kier molecular flexibility index (Phi) is 11.2. The first kappa shape index (κ1) is 45.4. The van der Waals surface area contributed by atoms with Crippen molar-refractivity contribution in [3.05, 3.63) is 209 Å². The Morgan fingerprint density at radius 1 is 0.493 bits per heavy atom. The molecule has 9 aromatic rings. The van der Waals surface area contributed by atoms with E-state index in [1.54, 1.807) is 0 Å². The number of aromatic nitrogens is 4. The second kappa shape index (κ2) is 16.6. The Morgan fingerprint density at radius 2 is 1.10 bits per heavy atom. The molecule has 0 saturated carbocycles. The zero-order valence-corrected chi connectivity index (χ0v) is 41.8. The molecule has 340 valence electrons. The normalized spacial score (nSPS) is 12.9. The maximum Gasteiger partial charge on any atom is 0.269 e. The van der Waals surface area contributed by atoms with Gasteiger partial charge in [0.15, 0.2) is 0 Å². The number of hydrogen-bond acceptors (Lipinski definition) is 2. The van der Waals surface area contributed by atoms with E-state index in [0.717, 1.165) is 39.7 Å². The highest BCUT2D eigenvalue weighted by Crippen LogP contribution is 2.45. The smallest absolute Gasteiger partial charge is 0.269 e. The summed E-state index contributed by atoms with van der Waals surface area (Å²) in [5.74, 6) is 2.36. The van der Waals surface area contributed by atoms with Crippen LogP contribution in [0.15, 0.2) is 164 Å². The van der Waals surface area contributed by atoms with Crippen LogP contribution in [0.25, 0.3) is 39.0 Å². The van der Waals surface area contributed by atoms with E-state index < -0.39 is 0 Å². The number of hydrogen-bond donors (Lipinski definition) is 0. The molecular weight excluding hydrogens is 817 g/mol. The molecule has 3 heterocycles. The average Bonchev–Trinajstić information content (AvgIpc) is 3.90. The highest BCUT2D eigenvalue weighted by molar-refractivity contribution is 6.11. The van der Waals surface area contributed by atoms with Crippen molar-refractivity contribution in [1.82, 2.24) is 14.1 Å². The predicted octanol–water partition coefficient (Wildman–Crippen LogP) is 15.4. The van der Waals surface area contributed by atoms with Gasteiger partial charge in [-0.15, -0.1) is 0 Å². The first-order chi connectivity index (χ1) is 31.6. The molecular formula is C62H66N4O. The largest absolute Gasteiger partial charge is 0.458 e. The predicted molar refractivity (Wildman–Crippen MR) is 278 cm³/mol. The molecule has 0 aliphatic rings. The number of benzene rings is 6. The summed E-state index contributed by atoms with van der Waals surface area (Å²) in [6.07, 6.45) is 7.95. The summed E-state index contributed by atoms with van der Waals surface area (Å²) in [6.45, 7) is 29.8. The average molecular weight is 883 g/mol. The van der Waals surface area contributed by atoms with Gasteiger partial charge in [-0.25, -0.2) is 4.98 Å². The van der Waals surface area contributed by atoms with Gasteiger partial charge >= 0.3 is 0 Å². The third-order valence-electron chi connectivity index (χ3n) is 13.8. The Labute approximate surface area is 398 Å². The summed E-state index contributed by atoms with van der Waals surface area (Å²) in [5.41, 5.74) is 12.1. The summed E-state index contributed by atoms with van der Waals surface area (Å²) in [5, 5.41) is 2.36. The Hall–Kier alpha value is -6.72. The van der Waals surface area contributed by atoms with Crippen molar-refractivity contribution in [1.29, 1.82) is 0 Å². The molecule has 0 unspecified atom stereocenters. The van der Waals surface area contributed by atoms with E-state index in [4.69, 9.17) is 9.72 Å². The summed E-state index contributed by atoms with van der Waals surface area (Å²) < 4.78 is 13.8. The molecule has 0 N–H and O–H groups in total. The van der Waals surface area contributed by atoms with Gasteiger partial charge in [0.25, 0.3) is 6.33 Å².